The first-order valence-electron chi connectivity index (χ1n) is 5.39. The summed E-state index contributed by atoms with van der Waals surface area (Å²) in [5.41, 5.74) is 1.55. The second-order valence-corrected chi connectivity index (χ2v) is 3.84. The fraction of sp³-hybridized carbons (Fsp3) is 0.143. The van der Waals surface area contributed by atoms with Crippen molar-refractivity contribution in [2.75, 3.05) is 7.05 Å². The van der Waals surface area contributed by atoms with Crippen molar-refractivity contribution in [2.45, 2.75) is 6.04 Å². The first-order valence-corrected chi connectivity index (χ1v) is 5.39. The van der Waals surface area contributed by atoms with Crippen molar-refractivity contribution >= 4 is 0 Å². The van der Waals surface area contributed by atoms with Crippen LogP contribution in [-0.4, -0.2) is 7.05 Å². The van der Waals surface area contributed by atoms with Crippen LogP contribution < -0.4 is 5.32 Å². The monoisotopic (exact) mass is 233 g/mol. The Morgan fingerprint density at radius 2 is 1.47 bits per heavy atom. The van der Waals surface area contributed by atoms with Crippen LogP contribution in [-0.2, 0) is 0 Å². The van der Waals surface area contributed by atoms with Gasteiger partial charge in [-0.05, 0) is 30.3 Å². The van der Waals surface area contributed by atoms with E-state index in [1.807, 2.05) is 30.3 Å². The zero-order chi connectivity index (χ0) is 12.3. The van der Waals surface area contributed by atoms with Crippen LogP contribution in [0.25, 0.3) is 0 Å². The van der Waals surface area contributed by atoms with E-state index in [-0.39, 0.29) is 6.04 Å². The topological polar surface area (TPSA) is 12.0 Å². The zero-order valence-corrected chi connectivity index (χ0v) is 9.45. The van der Waals surface area contributed by atoms with E-state index >= 15 is 0 Å². The summed E-state index contributed by atoms with van der Waals surface area (Å²) in [7, 11) is 1.76. The molecule has 0 bridgehead atoms. The average Bonchev–Trinajstić information content (AvgIpc) is 2.30. The summed E-state index contributed by atoms with van der Waals surface area (Å²) in [5, 5.41) is 3.06. The lowest BCUT2D eigenvalue weighted by Crippen LogP contribution is -2.17. The molecule has 2 rings (SSSR count). The van der Waals surface area contributed by atoms with Gasteiger partial charge in [-0.2, -0.15) is 0 Å². The number of rotatable bonds is 3. The molecular formula is C14H13F2N. The standard InChI is InChI=1S/C14H13F2N/c1-17-14(10-5-3-2-4-6-10)11-7-12(15)9-13(16)8-11/h2-9,14,17H,1H3. The molecule has 1 unspecified atom stereocenters. The van der Waals surface area contributed by atoms with Crippen molar-refractivity contribution in [2.24, 2.45) is 0 Å². The smallest absolute Gasteiger partial charge is 0.126 e. The van der Waals surface area contributed by atoms with Gasteiger partial charge in [0.05, 0.1) is 6.04 Å². The minimum absolute atomic E-state index is 0.207. The van der Waals surface area contributed by atoms with Gasteiger partial charge >= 0.3 is 0 Å². The Kier molecular flexibility index (Phi) is 3.49. The molecule has 0 aromatic heterocycles. The first kappa shape index (κ1) is 11.7. The fourth-order valence-corrected chi connectivity index (χ4v) is 1.91. The minimum atomic E-state index is -0.559. The highest BCUT2D eigenvalue weighted by Gasteiger charge is 2.13. The molecule has 1 nitrogen and oxygen atoms in total. The van der Waals surface area contributed by atoms with E-state index in [4.69, 9.17) is 0 Å². The van der Waals surface area contributed by atoms with Gasteiger partial charge in [0.1, 0.15) is 11.6 Å². The molecule has 0 aliphatic heterocycles. The molecule has 0 amide bonds. The maximum atomic E-state index is 13.2. The van der Waals surface area contributed by atoms with Crippen molar-refractivity contribution in [3.05, 3.63) is 71.3 Å². The summed E-state index contributed by atoms with van der Waals surface area (Å²) in [5.74, 6) is -1.12. The van der Waals surface area contributed by atoms with Gasteiger partial charge in [0.25, 0.3) is 0 Å². The first-order chi connectivity index (χ1) is 8.20. The molecule has 17 heavy (non-hydrogen) atoms. The van der Waals surface area contributed by atoms with Gasteiger partial charge < -0.3 is 5.32 Å². The Labute approximate surface area is 99.1 Å². The number of hydrogen-bond donors (Lipinski definition) is 1. The highest BCUT2D eigenvalue weighted by Crippen LogP contribution is 2.22. The van der Waals surface area contributed by atoms with Crippen molar-refractivity contribution < 1.29 is 8.78 Å². The van der Waals surface area contributed by atoms with Crippen LogP contribution >= 0.6 is 0 Å². The second kappa shape index (κ2) is 5.06. The zero-order valence-electron chi connectivity index (χ0n) is 9.45. The van der Waals surface area contributed by atoms with Crippen LogP contribution in [0.1, 0.15) is 17.2 Å². The molecule has 1 N–H and O–H groups in total. The molecule has 0 spiro atoms. The third-order valence-electron chi connectivity index (χ3n) is 2.64. The van der Waals surface area contributed by atoms with E-state index in [2.05, 4.69) is 5.32 Å². The van der Waals surface area contributed by atoms with E-state index < -0.39 is 11.6 Å². The van der Waals surface area contributed by atoms with Crippen molar-refractivity contribution in [3.63, 3.8) is 0 Å². The molecule has 3 heteroatoms. The van der Waals surface area contributed by atoms with Crippen LogP contribution in [0.2, 0.25) is 0 Å². The summed E-state index contributed by atoms with van der Waals surface area (Å²) in [4.78, 5) is 0. The van der Waals surface area contributed by atoms with E-state index in [1.165, 1.54) is 12.1 Å². The van der Waals surface area contributed by atoms with E-state index in [1.54, 1.807) is 7.05 Å². The molecule has 2 aromatic rings. The summed E-state index contributed by atoms with van der Waals surface area (Å²) in [6, 6.07) is 12.9. The maximum Gasteiger partial charge on any atom is 0.126 e. The summed E-state index contributed by atoms with van der Waals surface area (Å²) in [6.45, 7) is 0. The predicted molar refractivity (Wildman–Crippen MR) is 63.7 cm³/mol. The summed E-state index contributed by atoms with van der Waals surface area (Å²) in [6.07, 6.45) is 0. The van der Waals surface area contributed by atoms with Crippen LogP contribution in [0.3, 0.4) is 0 Å². The summed E-state index contributed by atoms with van der Waals surface area (Å²) < 4.78 is 26.3. The van der Waals surface area contributed by atoms with Gasteiger partial charge in [-0.25, -0.2) is 8.78 Å². The normalized spacial score (nSPS) is 12.4. The summed E-state index contributed by atoms with van der Waals surface area (Å²) >= 11 is 0. The third-order valence-corrected chi connectivity index (χ3v) is 2.64. The lowest BCUT2D eigenvalue weighted by molar-refractivity contribution is 0.571. The molecule has 0 radical (unpaired) electrons. The molecule has 1 atom stereocenters. The molecule has 0 fully saturated rings. The van der Waals surface area contributed by atoms with Crippen molar-refractivity contribution in [1.29, 1.82) is 0 Å². The Balaban J connectivity index is 2.42. The molecule has 88 valence electrons. The molecule has 2 aromatic carbocycles. The Morgan fingerprint density at radius 3 is 2.00 bits per heavy atom. The maximum absolute atomic E-state index is 13.2. The lowest BCUT2D eigenvalue weighted by atomic mass is 9.99. The van der Waals surface area contributed by atoms with Gasteiger partial charge in [0, 0.05) is 6.07 Å². The number of benzene rings is 2. The SMILES string of the molecule is CNC(c1ccccc1)c1cc(F)cc(F)c1. The molecule has 0 heterocycles. The van der Waals surface area contributed by atoms with Gasteiger partial charge in [0.2, 0.25) is 0 Å². The lowest BCUT2D eigenvalue weighted by Gasteiger charge is -2.17. The Bertz CT molecular complexity index is 477. The molecule has 0 saturated heterocycles. The van der Waals surface area contributed by atoms with E-state index in [0.29, 0.717) is 5.56 Å². The van der Waals surface area contributed by atoms with E-state index in [0.717, 1.165) is 11.6 Å². The molecule has 0 aliphatic carbocycles. The molecular weight excluding hydrogens is 220 g/mol. The van der Waals surface area contributed by atoms with Crippen molar-refractivity contribution in [3.8, 4) is 0 Å². The van der Waals surface area contributed by atoms with Crippen molar-refractivity contribution in [1.82, 2.24) is 5.32 Å². The van der Waals surface area contributed by atoms with Crippen LogP contribution in [0.15, 0.2) is 48.5 Å². The Hall–Kier alpha value is -1.74. The van der Waals surface area contributed by atoms with Gasteiger partial charge in [-0.15, -0.1) is 0 Å². The Morgan fingerprint density at radius 1 is 0.882 bits per heavy atom. The highest BCUT2D eigenvalue weighted by atomic mass is 19.1. The van der Waals surface area contributed by atoms with Crippen LogP contribution in [0.4, 0.5) is 8.78 Å². The minimum Gasteiger partial charge on any atom is -0.309 e. The molecule has 0 saturated carbocycles. The largest absolute Gasteiger partial charge is 0.309 e. The van der Waals surface area contributed by atoms with E-state index in [9.17, 15) is 8.78 Å². The quantitative estimate of drug-likeness (QED) is 0.857. The van der Waals surface area contributed by atoms with Gasteiger partial charge in [-0.3, -0.25) is 0 Å². The number of hydrogen-bond acceptors (Lipinski definition) is 1. The fourth-order valence-electron chi connectivity index (χ4n) is 1.91. The predicted octanol–water partition coefficient (Wildman–Crippen LogP) is 3.27. The van der Waals surface area contributed by atoms with Crippen LogP contribution in [0.5, 0.6) is 0 Å². The second-order valence-electron chi connectivity index (χ2n) is 3.84. The average molecular weight is 233 g/mol. The number of nitrogens with one attached hydrogen (secondary N) is 1. The third kappa shape index (κ3) is 2.68. The van der Waals surface area contributed by atoms with Crippen LogP contribution in [0, 0.1) is 11.6 Å². The van der Waals surface area contributed by atoms with Gasteiger partial charge in [-0.1, -0.05) is 30.3 Å². The molecule has 0 aliphatic rings. The van der Waals surface area contributed by atoms with Gasteiger partial charge in [0.15, 0.2) is 0 Å². The number of halogens is 2. The highest BCUT2D eigenvalue weighted by molar-refractivity contribution is 5.32.